The minimum atomic E-state index is 0.725. The van der Waals surface area contributed by atoms with Crippen LogP contribution in [0.4, 0.5) is 5.82 Å². The van der Waals surface area contributed by atoms with Gasteiger partial charge in [0.1, 0.15) is 5.82 Å². The number of nitrogens with zero attached hydrogens (tertiary/aromatic N) is 2. The Morgan fingerprint density at radius 1 is 1.39 bits per heavy atom. The molecule has 18 heavy (non-hydrogen) atoms. The Balaban J connectivity index is 2.51. The second-order valence-electron chi connectivity index (χ2n) is 3.76. The monoisotopic (exact) mass is 345 g/mol. The normalized spacial score (nSPS) is 10.7. The van der Waals surface area contributed by atoms with Crippen molar-refractivity contribution in [1.29, 1.82) is 0 Å². The maximum absolute atomic E-state index is 5.95. The number of aromatic nitrogens is 2. The van der Waals surface area contributed by atoms with E-state index >= 15 is 0 Å². The SMILES string of the molecule is CCCc1nc(-c2ccc(Cl)s2)nc(NC)c1Br. The highest BCUT2D eigenvalue weighted by molar-refractivity contribution is 9.10. The van der Waals surface area contributed by atoms with E-state index in [9.17, 15) is 0 Å². The quantitative estimate of drug-likeness (QED) is 0.878. The van der Waals surface area contributed by atoms with Crippen LogP contribution in [0.1, 0.15) is 19.0 Å². The predicted molar refractivity (Wildman–Crippen MR) is 81.6 cm³/mol. The van der Waals surface area contributed by atoms with Gasteiger partial charge in [0.05, 0.1) is 19.4 Å². The molecule has 2 aromatic heterocycles. The van der Waals surface area contributed by atoms with Crippen molar-refractivity contribution in [3.63, 3.8) is 0 Å². The highest BCUT2D eigenvalue weighted by atomic mass is 79.9. The van der Waals surface area contributed by atoms with Crippen molar-refractivity contribution in [3.05, 3.63) is 26.6 Å². The van der Waals surface area contributed by atoms with Crippen molar-refractivity contribution in [2.45, 2.75) is 19.8 Å². The molecule has 0 bridgehead atoms. The van der Waals surface area contributed by atoms with Gasteiger partial charge in [-0.15, -0.1) is 11.3 Å². The molecular formula is C12H13BrClN3S. The molecule has 0 aromatic carbocycles. The van der Waals surface area contributed by atoms with E-state index < -0.39 is 0 Å². The van der Waals surface area contributed by atoms with Gasteiger partial charge in [-0.25, -0.2) is 9.97 Å². The number of anilines is 1. The first-order valence-electron chi connectivity index (χ1n) is 5.65. The third-order valence-electron chi connectivity index (χ3n) is 2.44. The van der Waals surface area contributed by atoms with E-state index in [1.165, 1.54) is 11.3 Å². The Kier molecular flexibility index (Phi) is 4.59. The molecule has 2 heterocycles. The van der Waals surface area contributed by atoms with Gasteiger partial charge in [0.2, 0.25) is 0 Å². The van der Waals surface area contributed by atoms with Crippen molar-refractivity contribution in [2.24, 2.45) is 0 Å². The summed E-state index contributed by atoms with van der Waals surface area (Å²) in [6.07, 6.45) is 1.97. The van der Waals surface area contributed by atoms with Crippen LogP contribution < -0.4 is 5.32 Å². The lowest BCUT2D eigenvalue weighted by molar-refractivity contribution is 0.869. The molecular weight excluding hydrogens is 334 g/mol. The summed E-state index contributed by atoms with van der Waals surface area (Å²) < 4.78 is 1.69. The summed E-state index contributed by atoms with van der Waals surface area (Å²) in [5.41, 5.74) is 1.02. The fraction of sp³-hybridized carbons (Fsp3) is 0.333. The summed E-state index contributed by atoms with van der Waals surface area (Å²) in [6, 6.07) is 3.82. The molecule has 96 valence electrons. The molecule has 0 amide bonds. The van der Waals surface area contributed by atoms with E-state index in [1.807, 2.05) is 19.2 Å². The van der Waals surface area contributed by atoms with E-state index in [2.05, 4.69) is 38.1 Å². The number of halogens is 2. The van der Waals surface area contributed by atoms with Crippen molar-refractivity contribution in [1.82, 2.24) is 9.97 Å². The summed E-state index contributed by atoms with van der Waals surface area (Å²) >= 11 is 11.0. The molecule has 0 fully saturated rings. The summed E-state index contributed by atoms with van der Waals surface area (Å²) in [4.78, 5) is 10.1. The van der Waals surface area contributed by atoms with Crippen LogP contribution in [0.3, 0.4) is 0 Å². The van der Waals surface area contributed by atoms with Crippen LogP contribution in [0.25, 0.3) is 10.7 Å². The third-order valence-corrected chi connectivity index (χ3v) is 4.50. The van der Waals surface area contributed by atoms with Gasteiger partial charge in [-0.2, -0.15) is 0 Å². The smallest absolute Gasteiger partial charge is 0.171 e. The van der Waals surface area contributed by atoms with Crippen LogP contribution in [0.5, 0.6) is 0 Å². The Hall–Kier alpha value is -0.650. The Labute approximate surface area is 124 Å². The lowest BCUT2D eigenvalue weighted by Gasteiger charge is -2.09. The molecule has 0 aliphatic rings. The van der Waals surface area contributed by atoms with Gasteiger partial charge in [-0.05, 0) is 34.5 Å². The van der Waals surface area contributed by atoms with Gasteiger partial charge in [0.25, 0.3) is 0 Å². The molecule has 2 aromatic rings. The first-order valence-corrected chi connectivity index (χ1v) is 7.64. The number of nitrogens with one attached hydrogen (secondary N) is 1. The third kappa shape index (κ3) is 2.84. The topological polar surface area (TPSA) is 37.8 Å². The van der Waals surface area contributed by atoms with Crippen LogP contribution >= 0.6 is 38.9 Å². The number of hydrogen-bond donors (Lipinski definition) is 1. The zero-order chi connectivity index (χ0) is 13.1. The highest BCUT2D eigenvalue weighted by Crippen LogP contribution is 2.32. The zero-order valence-corrected chi connectivity index (χ0v) is 13.3. The molecule has 0 saturated heterocycles. The highest BCUT2D eigenvalue weighted by Gasteiger charge is 2.13. The molecule has 0 saturated carbocycles. The molecule has 0 spiro atoms. The Morgan fingerprint density at radius 3 is 2.72 bits per heavy atom. The first kappa shape index (κ1) is 13.8. The fourth-order valence-electron chi connectivity index (χ4n) is 1.61. The van der Waals surface area contributed by atoms with Crippen molar-refractivity contribution in [2.75, 3.05) is 12.4 Å². The average molecular weight is 347 g/mol. The molecule has 0 aliphatic heterocycles. The molecule has 0 unspecified atom stereocenters. The number of thiophene rings is 1. The second-order valence-corrected chi connectivity index (χ2v) is 6.27. The summed E-state index contributed by atoms with van der Waals surface area (Å²) in [5, 5.41) is 3.08. The van der Waals surface area contributed by atoms with E-state index in [1.54, 1.807) is 0 Å². The summed E-state index contributed by atoms with van der Waals surface area (Å²) in [5.74, 6) is 1.54. The van der Waals surface area contributed by atoms with Crippen LogP contribution in [0.15, 0.2) is 16.6 Å². The molecule has 1 N–H and O–H groups in total. The van der Waals surface area contributed by atoms with Crippen molar-refractivity contribution in [3.8, 4) is 10.7 Å². The minimum absolute atomic E-state index is 0.725. The summed E-state index contributed by atoms with van der Waals surface area (Å²) in [6.45, 7) is 2.13. The van der Waals surface area contributed by atoms with Gasteiger partial charge in [0, 0.05) is 7.05 Å². The van der Waals surface area contributed by atoms with E-state index in [0.717, 1.165) is 43.9 Å². The molecule has 0 atom stereocenters. The Bertz CT molecular complexity index is 556. The van der Waals surface area contributed by atoms with Gasteiger partial charge >= 0.3 is 0 Å². The Morgan fingerprint density at radius 2 is 2.17 bits per heavy atom. The largest absolute Gasteiger partial charge is 0.372 e. The fourth-order valence-corrected chi connectivity index (χ4v) is 3.16. The van der Waals surface area contributed by atoms with Gasteiger partial charge in [-0.3, -0.25) is 0 Å². The zero-order valence-electron chi connectivity index (χ0n) is 10.1. The maximum atomic E-state index is 5.95. The van der Waals surface area contributed by atoms with Gasteiger partial charge in [-0.1, -0.05) is 24.9 Å². The first-order chi connectivity index (χ1) is 8.65. The average Bonchev–Trinajstić information content (AvgIpc) is 2.79. The number of hydrogen-bond acceptors (Lipinski definition) is 4. The van der Waals surface area contributed by atoms with E-state index in [-0.39, 0.29) is 0 Å². The van der Waals surface area contributed by atoms with Crippen LogP contribution in [-0.2, 0) is 6.42 Å². The van der Waals surface area contributed by atoms with Crippen molar-refractivity contribution >= 4 is 44.7 Å². The maximum Gasteiger partial charge on any atom is 0.171 e. The molecule has 6 heteroatoms. The van der Waals surface area contributed by atoms with Crippen LogP contribution in [0, 0.1) is 0 Å². The number of rotatable bonds is 4. The number of aryl methyl sites for hydroxylation is 1. The predicted octanol–water partition coefficient (Wildman–Crippen LogP) is 4.62. The lowest BCUT2D eigenvalue weighted by atomic mass is 10.2. The van der Waals surface area contributed by atoms with Gasteiger partial charge < -0.3 is 5.32 Å². The van der Waals surface area contributed by atoms with Crippen LogP contribution in [-0.4, -0.2) is 17.0 Å². The summed E-state index contributed by atoms with van der Waals surface area (Å²) in [7, 11) is 1.86. The van der Waals surface area contributed by atoms with E-state index in [4.69, 9.17) is 11.6 Å². The van der Waals surface area contributed by atoms with Crippen LogP contribution in [0.2, 0.25) is 4.34 Å². The molecule has 0 aliphatic carbocycles. The van der Waals surface area contributed by atoms with E-state index in [0.29, 0.717) is 0 Å². The standard InChI is InChI=1S/C12H13BrClN3S/c1-3-4-7-10(13)12(15-2)17-11(16-7)8-5-6-9(14)18-8/h5-6H,3-4H2,1-2H3,(H,15,16,17). The van der Waals surface area contributed by atoms with Gasteiger partial charge in [0.15, 0.2) is 5.82 Å². The molecule has 3 nitrogen and oxygen atoms in total. The second kappa shape index (κ2) is 5.99. The lowest BCUT2D eigenvalue weighted by Crippen LogP contribution is -2.02. The minimum Gasteiger partial charge on any atom is -0.372 e. The molecule has 2 rings (SSSR count). The molecule has 0 radical (unpaired) electrons. The van der Waals surface area contributed by atoms with Crippen molar-refractivity contribution < 1.29 is 0 Å².